The summed E-state index contributed by atoms with van der Waals surface area (Å²) in [6.45, 7) is 6.80. The zero-order valence-corrected chi connectivity index (χ0v) is 12.4. The molecule has 0 spiro atoms. The molecule has 1 aromatic heterocycles. The maximum atomic E-state index is 10.1. The van der Waals surface area contributed by atoms with Gasteiger partial charge in [-0.3, -0.25) is 5.10 Å². The van der Waals surface area contributed by atoms with Gasteiger partial charge in [0.1, 0.15) is 5.75 Å². The van der Waals surface area contributed by atoms with Gasteiger partial charge >= 0.3 is 0 Å². The molecule has 0 unspecified atom stereocenters. The second kappa shape index (κ2) is 4.97. The molecule has 3 heteroatoms. The van der Waals surface area contributed by atoms with Crippen molar-refractivity contribution >= 4 is 0 Å². The van der Waals surface area contributed by atoms with E-state index in [2.05, 4.69) is 31.0 Å². The molecule has 3 nitrogen and oxygen atoms in total. The Morgan fingerprint density at radius 1 is 1.25 bits per heavy atom. The molecule has 0 saturated heterocycles. The number of hydrogen-bond acceptors (Lipinski definition) is 2. The number of fused-ring (bicyclic) bond motifs is 1. The van der Waals surface area contributed by atoms with Crippen LogP contribution in [0.4, 0.5) is 0 Å². The molecule has 1 aliphatic carbocycles. The van der Waals surface area contributed by atoms with Crippen molar-refractivity contribution in [3.05, 3.63) is 35.5 Å². The maximum Gasteiger partial charge on any atom is 0.125 e. The lowest BCUT2D eigenvalue weighted by atomic mass is 9.75. The van der Waals surface area contributed by atoms with E-state index < -0.39 is 0 Å². The molecule has 20 heavy (non-hydrogen) atoms. The van der Waals surface area contributed by atoms with Crippen molar-refractivity contribution in [3.63, 3.8) is 0 Å². The summed E-state index contributed by atoms with van der Waals surface area (Å²) in [4.78, 5) is 0. The quantitative estimate of drug-likeness (QED) is 0.848. The molecule has 2 aromatic rings. The van der Waals surface area contributed by atoms with Gasteiger partial charge in [0.05, 0.1) is 5.69 Å². The summed E-state index contributed by atoms with van der Waals surface area (Å²) >= 11 is 0. The van der Waals surface area contributed by atoms with Gasteiger partial charge in [0.2, 0.25) is 0 Å². The molecule has 2 N–H and O–H groups in total. The van der Waals surface area contributed by atoms with Crippen molar-refractivity contribution in [2.45, 2.75) is 45.4 Å². The average molecular weight is 270 g/mol. The number of rotatable bonds is 2. The number of phenols is 1. The topological polar surface area (TPSA) is 48.9 Å². The number of nitrogens with one attached hydrogen (secondary N) is 1. The highest BCUT2D eigenvalue weighted by atomic mass is 16.3. The summed E-state index contributed by atoms with van der Waals surface area (Å²) in [5.74, 6) is 1.96. The fraction of sp³-hybridized carbons (Fsp3) is 0.471. The lowest BCUT2D eigenvalue weighted by Crippen LogP contribution is -2.16. The number of nitrogens with zero attached hydrogens (tertiary/aromatic N) is 1. The van der Waals surface area contributed by atoms with Crippen LogP contribution in [0.2, 0.25) is 0 Å². The van der Waals surface area contributed by atoms with Gasteiger partial charge in [-0.2, -0.15) is 5.10 Å². The van der Waals surface area contributed by atoms with Gasteiger partial charge < -0.3 is 5.11 Å². The molecule has 0 amide bonds. The number of phenolic OH excluding ortho intramolecular Hbond substituents is 1. The molecular weight excluding hydrogens is 248 g/mol. The molecular formula is C17H22N2O. The Morgan fingerprint density at radius 3 is 2.70 bits per heavy atom. The highest BCUT2D eigenvalue weighted by Gasteiger charge is 2.32. The summed E-state index contributed by atoms with van der Waals surface area (Å²) in [5.41, 5.74) is 4.34. The monoisotopic (exact) mass is 270 g/mol. The van der Waals surface area contributed by atoms with Crippen LogP contribution < -0.4 is 0 Å². The number of para-hydroxylation sites is 1. The second-order valence-electron chi connectivity index (χ2n) is 6.25. The Balaban J connectivity index is 2.14. The number of aromatic nitrogens is 2. The van der Waals surface area contributed by atoms with Crippen LogP contribution in [-0.2, 0) is 0 Å². The minimum absolute atomic E-state index is 0.306. The van der Waals surface area contributed by atoms with Crippen LogP contribution in [0.5, 0.6) is 5.75 Å². The molecule has 0 radical (unpaired) electrons. The number of aromatic amines is 1. The maximum absolute atomic E-state index is 10.1. The Labute approximate surface area is 120 Å². The lowest BCUT2D eigenvalue weighted by molar-refractivity contribution is 0.403. The summed E-state index contributed by atoms with van der Waals surface area (Å²) in [6, 6.07) is 7.46. The van der Waals surface area contributed by atoms with Crippen molar-refractivity contribution in [1.29, 1.82) is 0 Å². The Kier molecular flexibility index (Phi) is 3.28. The minimum atomic E-state index is 0.306. The summed E-state index contributed by atoms with van der Waals surface area (Å²) < 4.78 is 0. The SMILES string of the molecule is CC(C)[C@H]1CC[C@H](C)c2c(-c3ccccc3O)n[nH]c21. The highest BCUT2D eigenvalue weighted by molar-refractivity contribution is 5.71. The number of H-pyrrole nitrogens is 1. The van der Waals surface area contributed by atoms with E-state index in [1.165, 1.54) is 24.1 Å². The highest BCUT2D eigenvalue weighted by Crippen LogP contribution is 2.45. The first-order chi connectivity index (χ1) is 9.59. The van der Waals surface area contributed by atoms with E-state index in [9.17, 15) is 5.11 Å². The van der Waals surface area contributed by atoms with Crippen LogP contribution >= 0.6 is 0 Å². The second-order valence-corrected chi connectivity index (χ2v) is 6.25. The van der Waals surface area contributed by atoms with Gasteiger partial charge in [0, 0.05) is 22.7 Å². The van der Waals surface area contributed by atoms with Gasteiger partial charge in [-0.05, 0) is 36.8 Å². The molecule has 2 atom stereocenters. The molecule has 0 fully saturated rings. The van der Waals surface area contributed by atoms with Crippen molar-refractivity contribution in [2.75, 3.05) is 0 Å². The molecule has 0 bridgehead atoms. The fourth-order valence-electron chi connectivity index (χ4n) is 3.41. The molecule has 106 valence electrons. The minimum Gasteiger partial charge on any atom is -0.507 e. The van der Waals surface area contributed by atoms with Crippen molar-refractivity contribution in [3.8, 4) is 17.0 Å². The van der Waals surface area contributed by atoms with Crippen LogP contribution in [0, 0.1) is 5.92 Å². The Hall–Kier alpha value is -1.77. The molecule has 1 aliphatic rings. The molecule has 1 aromatic carbocycles. The Bertz CT molecular complexity index is 615. The standard InChI is InChI=1S/C17H22N2O/c1-10(2)12-9-8-11(3)15-16(12)18-19-17(15)13-6-4-5-7-14(13)20/h4-7,10-12,20H,8-9H2,1-3H3,(H,18,19)/t11-,12+/m0/s1. The van der Waals surface area contributed by atoms with Gasteiger partial charge in [-0.25, -0.2) is 0 Å². The van der Waals surface area contributed by atoms with E-state index in [-0.39, 0.29) is 0 Å². The summed E-state index contributed by atoms with van der Waals surface area (Å²) in [6.07, 6.45) is 2.41. The van der Waals surface area contributed by atoms with Crippen molar-refractivity contribution in [2.24, 2.45) is 5.92 Å². The van der Waals surface area contributed by atoms with Crippen LogP contribution in [0.25, 0.3) is 11.3 Å². The van der Waals surface area contributed by atoms with Crippen LogP contribution in [0.15, 0.2) is 24.3 Å². The van der Waals surface area contributed by atoms with E-state index in [4.69, 9.17) is 0 Å². The zero-order chi connectivity index (χ0) is 14.3. The summed E-state index contributed by atoms with van der Waals surface area (Å²) in [5, 5.41) is 17.9. The van der Waals surface area contributed by atoms with Crippen molar-refractivity contribution < 1.29 is 5.11 Å². The van der Waals surface area contributed by atoms with Gasteiger partial charge in [0.25, 0.3) is 0 Å². The van der Waals surface area contributed by atoms with Crippen LogP contribution in [0.1, 0.15) is 56.7 Å². The van der Waals surface area contributed by atoms with Gasteiger partial charge in [-0.1, -0.05) is 32.9 Å². The van der Waals surface area contributed by atoms with Crippen LogP contribution in [0.3, 0.4) is 0 Å². The third-order valence-electron chi connectivity index (χ3n) is 4.57. The van der Waals surface area contributed by atoms with Gasteiger partial charge in [0.15, 0.2) is 0 Å². The van der Waals surface area contributed by atoms with Crippen molar-refractivity contribution in [1.82, 2.24) is 10.2 Å². The third-order valence-corrected chi connectivity index (χ3v) is 4.57. The summed E-state index contributed by atoms with van der Waals surface area (Å²) in [7, 11) is 0. The number of aromatic hydroxyl groups is 1. The van der Waals surface area contributed by atoms with E-state index in [1.807, 2.05) is 18.2 Å². The molecule has 0 aliphatic heterocycles. The predicted molar refractivity (Wildman–Crippen MR) is 80.9 cm³/mol. The van der Waals surface area contributed by atoms with Crippen LogP contribution in [-0.4, -0.2) is 15.3 Å². The first-order valence-electron chi connectivity index (χ1n) is 7.46. The van der Waals surface area contributed by atoms with E-state index >= 15 is 0 Å². The number of hydrogen-bond donors (Lipinski definition) is 2. The van der Waals surface area contributed by atoms with Gasteiger partial charge in [-0.15, -0.1) is 0 Å². The van der Waals surface area contributed by atoms with E-state index in [1.54, 1.807) is 6.07 Å². The first kappa shape index (κ1) is 13.2. The average Bonchev–Trinajstić information content (AvgIpc) is 2.84. The lowest BCUT2D eigenvalue weighted by Gasteiger charge is -2.29. The van der Waals surface area contributed by atoms with E-state index in [0.717, 1.165) is 11.3 Å². The fourth-order valence-corrected chi connectivity index (χ4v) is 3.41. The third kappa shape index (κ3) is 2.01. The molecule has 0 saturated carbocycles. The zero-order valence-electron chi connectivity index (χ0n) is 12.4. The Morgan fingerprint density at radius 2 is 2.00 bits per heavy atom. The first-order valence-corrected chi connectivity index (χ1v) is 7.46. The normalized spacial score (nSPS) is 22.0. The predicted octanol–water partition coefficient (Wildman–Crippen LogP) is 4.42. The molecule has 1 heterocycles. The smallest absolute Gasteiger partial charge is 0.125 e. The largest absolute Gasteiger partial charge is 0.507 e. The van der Waals surface area contributed by atoms with E-state index in [0.29, 0.717) is 23.5 Å². The number of benzene rings is 1. The molecule has 3 rings (SSSR count).